The molecule has 24 nitrogen and oxygen atoms in total. The molecule has 0 bridgehead atoms. The van der Waals surface area contributed by atoms with Gasteiger partial charge in [0.05, 0.1) is 36.2 Å². The Hall–Kier alpha value is -6.20. The van der Waals surface area contributed by atoms with Crippen LogP contribution in [0.1, 0.15) is 141 Å². The largest absolute Gasteiger partial charge is 0.467 e. The minimum Gasteiger partial charge on any atom is -0.467 e. The third-order valence-corrected chi connectivity index (χ3v) is 21.8. The van der Waals surface area contributed by atoms with Gasteiger partial charge in [-0.2, -0.15) is 16.8 Å². The second-order valence-corrected chi connectivity index (χ2v) is 29.5. The van der Waals surface area contributed by atoms with Gasteiger partial charge in [0.25, 0.3) is 20.2 Å². The number of methoxy groups -OCH3 is 2. The van der Waals surface area contributed by atoms with Crippen LogP contribution in [0.5, 0.6) is 0 Å². The molecule has 0 aromatic heterocycles. The molecule has 504 valence electrons. The minimum absolute atomic E-state index is 0.0719. The van der Waals surface area contributed by atoms with Crippen molar-refractivity contribution >= 4 is 99.8 Å². The number of likely N-dealkylation sites (tertiary alicyclic amines) is 1. The predicted molar refractivity (Wildman–Crippen MR) is 342 cm³/mol. The number of allylic oxidation sites excluding steroid dienone is 2. The molecule has 0 radical (unpaired) electrons. The van der Waals surface area contributed by atoms with Gasteiger partial charge in [-0.25, -0.2) is 19.2 Å². The van der Waals surface area contributed by atoms with Gasteiger partial charge < -0.3 is 50.0 Å². The zero-order chi connectivity index (χ0) is 66.4. The lowest BCUT2D eigenvalue weighted by Crippen LogP contribution is -2.56. The van der Waals surface area contributed by atoms with Crippen LogP contribution in [0.4, 0.5) is 9.59 Å². The molecule has 92 heavy (non-hydrogen) atoms. The Balaban J connectivity index is 0.000000237. The molecular formula is C64H84Br2N6O18S2. The normalized spacial score (nSPS) is 27.4. The summed E-state index contributed by atoms with van der Waals surface area (Å²) in [6.07, 6.45) is 17.1. The highest BCUT2D eigenvalue weighted by Crippen LogP contribution is 2.47. The van der Waals surface area contributed by atoms with Crippen LogP contribution in [0.25, 0.3) is 0 Å². The molecule has 3 aliphatic heterocycles. The van der Waals surface area contributed by atoms with Gasteiger partial charge in [0.15, 0.2) is 0 Å². The van der Waals surface area contributed by atoms with E-state index in [1.165, 1.54) is 48.3 Å². The maximum atomic E-state index is 14.2. The van der Waals surface area contributed by atoms with Crippen LogP contribution >= 0.6 is 31.9 Å². The van der Waals surface area contributed by atoms with Gasteiger partial charge in [-0.15, -0.1) is 13.2 Å². The molecule has 0 unspecified atom stereocenters. The first kappa shape index (κ1) is 71.6. The number of unbranched alkanes of at least 4 members (excludes halogenated alkanes) is 3. The van der Waals surface area contributed by atoms with E-state index in [1.807, 2.05) is 18.2 Å². The molecular weight excluding hydrogens is 1360 g/mol. The molecule has 28 heteroatoms. The van der Waals surface area contributed by atoms with Gasteiger partial charge >= 0.3 is 24.1 Å². The summed E-state index contributed by atoms with van der Waals surface area (Å²) in [5.74, 6) is -4.29. The predicted octanol–water partition coefficient (Wildman–Crippen LogP) is 8.26. The van der Waals surface area contributed by atoms with Crippen molar-refractivity contribution in [2.75, 3.05) is 27.3 Å². The van der Waals surface area contributed by atoms with Gasteiger partial charge in [0.2, 0.25) is 23.6 Å². The van der Waals surface area contributed by atoms with Gasteiger partial charge in [0, 0.05) is 46.7 Å². The van der Waals surface area contributed by atoms with Crippen LogP contribution in [0.3, 0.4) is 0 Å². The molecule has 6 amide bonds. The Morgan fingerprint density at radius 1 is 0.707 bits per heavy atom. The van der Waals surface area contributed by atoms with Crippen LogP contribution in [0.15, 0.2) is 105 Å². The smallest absolute Gasteiger partial charge is 0.408 e. The van der Waals surface area contributed by atoms with E-state index in [2.05, 4.69) is 66.3 Å². The van der Waals surface area contributed by atoms with Gasteiger partial charge in [0.1, 0.15) is 47.5 Å². The topological polar surface area (TPSA) is 315 Å². The van der Waals surface area contributed by atoms with Gasteiger partial charge in [-0.1, -0.05) is 81.8 Å². The molecule has 3 heterocycles. The number of alkyl carbamates (subject to hydrolysis) is 2. The Morgan fingerprint density at radius 3 is 1.85 bits per heavy atom. The SMILES string of the molecule is C=CCCCCC[C@H](NC(=O)OC1CCCC1)C(=O)N1C[C@@H](OS(=O)(=O)c2ccc(Br)cc2)C[C@H]1C(=O)N[C@]1(C(=O)OC)C[C@H]1C=C.COC(=O)[C@@]12C[C@H]1/C=C\CCCCC[C@H](NC(=O)OC1CCCC1)C(=O)N1C[C@@H](OS(=O)(=O)c3ccc(Br)cc3)C[C@H]1C(=O)N2. The summed E-state index contributed by atoms with van der Waals surface area (Å²) in [5.41, 5.74) is -2.61. The van der Waals surface area contributed by atoms with E-state index in [0.29, 0.717) is 34.6 Å². The molecule has 6 fully saturated rings. The standard InChI is InChI=1S/C33H44BrN3O9S.C31H40BrN3O9S/c1-4-6-7-8-9-14-27(35-32(41)45-24-12-10-11-13-24)30(39)37-21-25(46-47(42,43)26-17-15-23(34)16-18-26)19-28(37)29(38)36-33(31(40)44-3)20-22(33)5-2;1-42-29(38)31-18-20(31)9-5-3-2-4-6-12-25(33-30(39)43-22-10-7-8-11-22)28(37)35-19-23(17-26(35)27(36)34-31)44-45(40,41)24-15-13-21(32)14-16-24/h4-5,15-18,22,24-25,27-28H,1-2,6-14,19-21H2,3H3,(H,35,41)(H,36,38);5,9,13-16,20,22-23,25-26H,2-4,6-8,10-12,17-19H2,1H3,(H,33,39)(H,34,36)/b;9-5-/t22-,25+,27+,28+,33-;20-,23+,25+,26+,31-/m11/s1. The highest BCUT2D eigenvalue weighted by atomic mass is 79.9. The first-order valence-corrected chi connectivity index (χ1v) is 36.0. The van der Waals surface area contributed by atoms with E-state index in [1.54, 1.807) is 30.3 Å². The fourth-order valence-electron chi connectivity index (χ4n) is 12.8. The summed E-state index contributed by atoms with van der Waals surface area (Å²) >= 11 is 6.56. The van der Waals surface area contributed by atoms with Crippen molar-refractivity contribution < 1.29 is 82.5 Å². The van der Waals surface area contributed by atoms with Crippen molar-refractivity contribution in [1.82, 2.24) is 31.1 Å². The Kier molecular flexibility index (Phi) is 25.1. The fourth-order valence-corrected chi connectivity index (χ4v) is 15.4. The number of halogens is 2. The molecule has 4 aliphatic carbocycles. The van der Waals surface area contributed by atoms with Crippen molar-refractivity contribution in [3.05, 3.63) is 94.9 Å². The molecule has 4 N–H and O–H groups in total. The Morgan fingerprint density at radius 2 is 1.28 bits per heavy atom. The quantitative estimate of drug-likeness (QED) is 0.0283. The van der Waals surface area contributed by atoms with Gasteiger partial charge in [-0.05, 0) is 151 Å². The summed E-state index contributed by atoms with van der Waals surface area (Å²) < 4.78 is 86.3. The summed E-state index contributed by atoms with van der Waals surface area (Å²) in [5, 5.41) is 11.0. The number of esters is 2. The maximum Gasteiger partial charge on any atom is 0.408 e. The maximum absolute atomic E-state index is 14.2. The van der Waals surface area contributed by atoms with Crippen LogP contribution in [0, 0.1) is 11.8 Å². The number of benzene rings is 2. The van der Waals surface area contributed by atoms with E-state index in [-0.39, 0.29) is 72.6 Å². The monoisotopic (exact) mass is 1450 g/mol. The highest BCUT2D eigenvalue weighted by Gasteiger charge is 2.63. The van der Waals surface area contributed by atoms with Crippen molar-refractivity contribution in [3.8, 4) is 0 Å². The number of carbonyl (C=O) groups excluding carboxylic acids is 8. The summed E-state index contributed by atoms with van der Waals surface area (Å²) in [6, 6.07) is 7.41. The average molecular weight is 1450 g/mol. The molecule has 9 rings (SSSR count). The third-order valence-electron chi connectivity index (χ3n) is 18.0. The first-order valence-electron chi connectivity index (χ1n) is 31.6. The lowest BCUT2D eigenvalue weighted by atomic mass is 10.0. The van der Waals surface area contributed by atoms with E-state index >= 15 is 0 Å². The van der Waals surface area contributed by atoms with E-state index < -0.39 is 115 Å². The molecule has 10 atom stereocenters. The number of ether oxygens (including phenoxy) is 4. The fraction of sp³-hybridized carbons (Fsp3) is 0.594. The van der Waals surface area contributed by atoms with E-state index in [4.69, 9.17) is 27.3 Å². The van der Waals surface area contributed by atoms with E-state index in [0.717, 1.165) is 89.9 Å². The summed E-state index contributed by atoms with van der Waals surface area (Å²) in [4.78, 5) is 110. The molecule has 4 saturated carbocycles. The lowest BCUT2D eigenvalue weighted by molar-refractivity contribution is -0.148. The number of rotatable bonds is 22. The van der Waals surface area contributed by atoms with Crippen molar-refractivity contribution in [2.45, 2.75) is 211 Å². The van der Waals surface area contributed by atoms with Crippen molar-refractivity contribution in [2.24, 2.45) is 11.8 Å². The molecule has 2 aromatic rings. The van der Waals surface area contributed by atoms with Crippen LogP contribution < -0.4 is 21.3 Å². The van der Waals surface area contributed by atoms with E-state index in [9.17, 15) is 55.2 Å². The van der Waals surface area contributed by atoms with Crippen molar-refractivity contribution in [1.29, 1.82) is 0 Å². The van der Waals surface area contributed by atoms with Crippen LogP contribution in [0.2, 0.25) is 0 Å². The number of nitrogens with one attached hydrogen (secondary N) is 4. The second kappa shape index (κ2) is 32.3. The van der Waals surface area contributed by atoms with Crippen molar-refractivity contribution in [3.63, 3.8) is 0 Å². The number of hydrogen-bond donors (Lipinski definition) is 4. The van der Waals surface area contributed by atoms with Crippen LogP contribution in [-0.2, 0) is 76.3 Å². The average Bonchev–Trinajstić information content (AvgIpc) is 1.60. The molecule has 7 aliphatic rings. The van der Waals surface area contributed by atoms with Crippen LogP contribution in [-0.4, -0.2) is 161 Å². The highest BCUT2D eigenvalue weighted by molar-refractivity contribution is 9.10. The molecule has 0 spiro atoms. The first-order chi connectivity index (χ1) is 44.0. The lowest BCUT2D eigenvalue weighted by Gasteiger charge is -2.29. The Bertz CT molecular complexity index is 3270. The summed E-state index contributed by atoms with van der Waals surface area (Å²) in [6.45, 7) is 7.02. The van der Waals surface area contributed by atoms with Gasteiger partial charge in [-0.3, -0.25) is 27.5 Å². The number of nitrogens with zero attached hydrogens (tertiary/aromatic N) is 2. The number of hydrogen-bond acceptors (Lipinski definition) is 18. The number of fused-ring (bicyclic) bond motifs is 2. The molecule has 2 aromatic carbocycles. The second-order valence-electron chi connectivity index (χ2n) is 24.5. The zero-order valence-electron chi connectivity index (χ0n) is 51.9. The summed E-state index contributed by atoms with van der Waals surface area (Å²) in [7, 11) is -6.03. The molecule has 2 saturated heterocycles. The number of carbonyl (C=O) groups is 8. The zero-order valence-corrected chi connectivity index (χ0v) is 56.7. The minimum atomic E-state index is -4.26. The third kappa shape index (κ3) is 18.4. The Labute approximate surface area is 554 Å². The number of amides is 6.